The number of amidine groups is 1. The quantitative estimate of drug-likeness (QED) is 0.399. The van der Waals surface area contributed by atoms with Gasteiger partial charge in [-0.25, -0.2) is 8.42 Å². The van der Waals surface area contributed by atoms with Gasteiger partial charge >= 0.3 is 0 Å². The van der Waals surface area contributed by atoms with Crippen LogP contribution in [0.25, 0.3) is 0 Å². The fourth-order valence-electron chi connectivity index (χ4n) is 6.06. The van der Waals surface area contributed by atoms with Crippen molar-refractivity contribution in [3.63, 3.8) is 0 Å². The number of aryl methyl sites for hydroxylation is 1. The van der Waals surface area contributed by atoms with Crippen LogP contribution in [0.1, 0.15) is 29.5 Å². The zero-order valence-corrected chi connectivity index (χ0v) is 24.4. The van der Waals surface area contributed by atoms with Crippen molar-refractivity contribution in [2.45, 2.75) is 43.9 Å². The zero-order valence-electron chi connectivity index (χ0n) is 22.8. The van der Waals surface area contributed by atoms with E-state index in [0.717, 1.165) is 36.3 Å². The number of hydrogen-bond acceptors (Lipinski definition) is 5. The summed E-state index contributed by atoms with van der Waals surface area (Å²) in [5.74, 6) is 0.707. The topological polar surface area (TPSA) is 70.0 Å². The molecule has 0 bridgehead atoms. The Balaban J connectivity index is 1.16. The van der Waals surface area contributed by atoms with Gasteiger partial charge < -0.3 is 9.80 Å². The van der Waals surface area contributed by atoms with Crippen LogP contribution in [-0.2, 0) is 27.5 Å². The number of rotatable bonds is 6. The molecule has 0 saturated carbocycles. The molecule has 6 rings (SSSR count). The average Bonchev–Trinajstić information content (AvgIpc) is 3.41. The summed E-state index contributed by atoms with van der Waals surface area (Å²) in [5, 5.41) is 0.496. The van der Waals surface area contributed by atoms with Gasteiger partial charge in [0.2, 0.25) is 0 Å². The Hall–Kier alpha value is -3.10. The monoisotopic (exact) mass is 573 g/mol. The average molecular weight is 574 g/mol. The number of sulfone groups is 1. The number of hydrogen-bond donors (Lipinski definition) is 0. The summed E-state index contributed by atoms with van der Waals surface area (Å²) < 4.78 is 24.9. The van der Waals surface area contributed by atoms with Gasteiger partial charge in [0, 0.05) is 29.7 Å². The van der Waals surface area contributed by atoms with Crippen LogP contribution >= 0.6 is 11.8 Å². The third-order valence-corrected chi connectivity index (χ3v) is 11.4. The Kier molecular flexibility index (Phi) is 7.73. The van der Waals surface area contributed by atoms with Gasteiger partial charge in [-0.3, -0.25) is 4.79 Å². The van der Waals surface area contributed by atoms with Crippen molar-refractivity contribution < 1.29 is 13.2 Å². The van der Waals surface area contributed by atoms with Crippen LogP contribution in [0.3, 0.4) is 0 Å². The first kappa shape index (κ1) is 27.1. The van der Waals surface area contributed by atoms with E-state index in [2.05, 4.69) is 64.5 Å². The Morgan fingerprint density at radius 1 is 0.875 bits per heavy atom. The highest BCUT2D eigenvalue weighted by molar-refractivity contribution is 8.16. The molecule has 40 heavy (non-hydrogen) atoms. The number of aliphatic imine (C=N–C) groups is 1. The molecular weight excluding hydrogens is 539 g/mol. The molecule has 2 atom stereocenters. The van der Waals surface area contributed by atoms with Crippen molar-refractivity contribution in [2.24, 2.45) is 10.9 Å². The number of benzene rings is 3. The number of amides is 1. The second-order valence-corrected chi connectivity index (χ2v) is 14.6. The van der Waals surface area contributed by atoms with Gasteiger partial charge in [-0.1, -0.05) is 71.9 Å². The highest BCUT2D eigenvalue weighted by Crippen LogP contribution is 2.41. The van der Waals surface area contributed by atoms with Crippen LogP contribution in [0.4, 0.5) is 11.4 Å². The summed E-state index contributed by atoms with van der Waals surface area (Å²) in [6.45, 7) is 4.07. The third-order valence-electron chi connectivity index (χ3n) is 8.24. The van der Waals surface area contributed by atoms with Crippen LogP contribution in [0.2, 0.25) is 0 Å². The number of carbonyl (C=O) groups is 1. The molecule has 0 aliphatic carbocycles. The van der Waals surface area contributed by atoms with Crippen molar-refractivity contribution >= 4 is 44.0 Å². The molecule has 3 aliphatic rings. The van der Waals surface area contributed by atoms with E-state index in [1.54, 1.807) is 0 Å². The van der Waals surface area contributed by atoms with Crippen LogP contribution in [0.5, 0.6) is 0 Å². The van der Waals surface area contributed by atoms with Crippen LogP contribution < -0.4 is 9.80 Å². The minimum absolute atomic E-state index is 0.0898. The third kappa shape index (κ3) is 6.13. The standard InChI is InChI=1S/C32H35N3O3S2/c1-23-7-9-25(10-8-23)20-31(36)33-32-35(29-21-40(37,38)22-30(29)39-32)28-13-11-27(12-14-28)34-17-15-26(16-18-34)19-24-5-3-2-4-6-24/h2-14,26,29-30H,15-22H2,1H3/t29-,30+/m1/s1. The van der Waals surface area contributed by atoms with Crippen molar-refractivity contribution in [3.05, 3.63) is 95.6 Å². The Labute approximate surface area is 241 Å². The molecule has 1 amide bonds. The first-order valence-corrected chi connectivity index (χ1v) is 16.8. The Morgan fingerprint density at radius 2 is 1.55 bits per heavy atom. The second kappa shape index (κ2) is 11.4. The van der Waals surface area contributed by atoms with E-state index in [0.29, 0.717) is 11.1 Å². The summed E-state index contributed by atoms with van der Waals surface area (Å²) in [4.78, 5) is 21.9. The van der Waals surface area contributed by atoms with Gasteiger partial charge in [0.15, 0.2) is 15.0 Å². The fraction of sp³-hybridized carbons (Fsp3) is 0.375. The Morgan fingerprint density at radius 3 is 2.25 bits per heavy atom. The summed E-state index contributed by atoms with van der Waals surface area (Å²) in [6.07, 6.45) is 3.70. The maximum absolute atomic E-state index is 12.9. The van der Waals surface area contributed by atoms with Crippen molar-refractivity contribution in [2.75, 3.05) is 34.4 Å². The van der Waals surface area contributed by atoms with E-state index in [9.17, 15) is 13.2 Å². The van der Waals surface area contributed by atoms with E-state index in [1.807, 2.05) is 36.1 Å². The number of thioether (sulfide) groups is 1. The van der Waals surface area contributed by atoms with Gasteiger partial charge in [-0.2, -0.15) is 4.99 Å². The molecule has 0 aromatic heterocycles. The summed E-state index contributed by atoms with van der Waals surface area (Å²) in [7, 11) is -3.11. The number of anilines is 2. The van der Waals surface area contributed by atoms with Crippen LogP contribution in [0, 0.1) is 12.8 Å². The predicted octanol–water partition coefficient (Wildman–Crippen LogP) is 5.30. The molecule has 3 heterocycles. The highest BCUT2D eigenvalue weighted by Gasteiger charge is 2.49. The van der Waals surface area contributed by atoms with Crippen molar-refractivity contribution in [1.29, 1.82) is 0 Å². The smallest absolute Gasteiger partial charge is 0.252 e. The first-order valence-electron chi connectivity index (χ1n) is 14.1. The van der Waals surface area contributed by atoms with E-state index >= 15 is 0 Å². The van der Waals surface area contributed by atoms with Crippen LogP contribution in [0.15, 0.2) is 83.9 Å². The number of nitrogens with zero attached hydrogens (tertiary/aromatic N) is 3. The lowest BCUT2D eigenvalue weighted by Gasteiger charge is -2.34. The molecule has 3 aliphatic heterocycles. The molecule has 3 aromatic rings. The largest absolute Gasteiger partial charge is 0.372 e. The molecule has 0 N–H and O–H groups in total. The van der Waals surface area contributed by atoms with Gasteiger partial charge in [0.05, 0.1) is 24.0 Å². The fourth-order valence-corrected chi connectivity index (χ4v) is 9.99. The SMILES string of the molecule is Cc1ccc(CC(=O)N=C2S[C@H]3CS(=O)(=O)C[C@H]3N2c2ccc(N3CCC(Cc4ccccc4)CC3)cc2)cc1. The van der Waals surface area contributed by atoms with E-state index in [-0.39, 0.29) is 35.1 Å². The molecule has 3 saturated heterocycles. The molecule has 8 heteroatoms. The van der Waals surface area contributed by atoms with Crippen molar-refractivity contribution in [1.82, 2.24) is 0 Å². The van der Waals surface area contributed by atoms with Crippen LogP contribution in [-0.4, -0.2) is 55.4 Å². The summed E-state index contributed by atoms with van der Waals surface area (Å²) in [5.41, 5.74) is 5.55. The van der Waals surface area contributed by atoms with Gasteiger partial charge in [0.25, 0.3) is 5.91 Å². The molecule has 0 spiro atoms. The van der Waals surface area contributed by atoms with Gasteiger partial charge in [0.1, 0.15) is 0 Å². The molecule has 208 valence electrons. The van der Waals surface area contributed by atoms with Crippen molar-refractivity contribution in [3.8, 4) is 0 Å². The normalized spacial score (nSPS) is 23.5. The lowest BCUT2D eigenvalue weighted by atomic mass is 9.90. The maximum Gasteiger partial charge on any atom is 0.252 e. The lowest BCUT2D eigenvalue weighted by Crippen LogP contribution is -2.38. The first-order chi connectivity index (χ1) is 19.3. The molecule has 3 aromatic carbocycles. The highest BCUT2D eigenvalue weighted by atomic mass is 32.2. The van der Waals surface area contributed by atoms with E-state index in [1.165, 1.54) is 35.9 Å². The Bertz CT molecular complexity index is 1480. The molecule has 3 fully saturated rings. The minimum atomic E-state index is -3.11. The number of carbonyl (C=O) groups excluding carboxylic acids is 1. The van der Waals surface area contributed by atoms with Gasteiger partial charge in [-0.05, 0) is 67.5 Å². The molecular formula is C32H35N3O3S2. The number of fused-ring (bicyclic) bond motifs is 1. The summed E-state index contributed by atoms with van der Waals surface area (Å²) in [6, 6.07) is 26.8. The molecule has 0 unspecified atom stereocenters. The summed E-state index contributed by atoms with van der Waals surface area (Å²) >= 11 is 1.43. The minimum Gasteiger partial charge on any atom is -0.372 e. The second-order valence-electron chi connectivity index (χ2n) is 11.3. The zero-order chi connectivity index (χ0) is 27.7. The predicted molar refractivity (Wildman–Crippen MR) is 165 cm³/mol. The number of piperidine rings is 1. The molecule has 6 nitrogen and oxygen atoms in total. The molecule has 0 radical (unpaired) electrons. The maximum atomic E-state index is 12.9. The van der Waals surface area contributed by atoms with Gasteiger partial charge in [-0.15, -0.1) is 0 Å². The van der Waals surface area contributed by atoms with E-state index in [4.69, 9.17) is 0 Å². The van der Waals surface area contributed by atoms with E-state index < -0.39 is 9.84 Å². The lowest BCUT2D eigenvalue weighted by molar-refractivity contribution is -0.117.